The monoisotopic (exact) mass is 341 g/mol. The topological polar surface area (TPSA) is 47.4 Å². The maximum absolute atomic E-state index is 5.97. The summed E-state index contributed by atoms with van der Waals surface area (Å²) in [5.74, 6) is 0.0375. The molecule has 0 saturated carbocycles. The third-order valence-electron chi connectivity index (χ3n) is 5.34. The van der Waals surface area contributed by atoms with Gasteiger partial charge in [0, 0.05) is 23.5 Å². The van der Waals surface area contributed by atoms with E-state index in [4.69, 9.17) is 4.84 Å². The van der Waals surface area contributed by atoms with Gasteiger partial charge in [0.05, 0.1) is 23.0 Å². The van der Waals surface area contributed by atoms with E-state index in [0.29, 0.717) is 0 Å². The fourth-order valence-electron chi connectivity index (χ4n) is 4.42. The molecule has 4 heteroatoms. The minimum Gasteiger partial charge on any atom is -0.386 e. The average molecular weight is 341 g/mol. The van der Waals surface area contributed by atoms with Crippen molar-refractivity contribution in [3.63, 3.8) is 0 Å². The van der Waals surface area contributed by atoms with Crippen molar-refractivity contribution in [3.05, 3.63) is 82.2 Å². The molecule has 26 heavy (non-hydrogen) atoms. The van der Waals surface area contributed by atoms with Crippen molar-refractivity contribution in [2.75, 3.05) is 0 Å². The van der Waals surface area contributed by atoms with Crippen LogP contribution in [0.2, 0.25) is 0 Å². The molecular weight excluding hydrogens is 322 g/mol. The van der Waals surface area contributed by atoms with Gasteiger partial charge in [0.1, 0.15) is 0 Å². The predicted octanol–water partition coefficient (Wildman–Crippen LogP) is 4.64. The number of hydrogen-bond acceptors (Lipinski definition) is 4. The number of oxime groups is 1. The number of aryl methyl sites for hydroxylation is 3. The van der Waals surface area contributed by atoms with E-state index in [9.17, 15) is 0 Å². The lowest BCUT2D eigenvalue weighted by Gasteiger charge is -2.28. The molecule has 3 heterocycles. The van der Waals surface area contributed by atoms with Gasteiger partial charge < -0.3 is 4.84 Å². The van der Waals surface area contributed by atoms with Gasteiger partial charge in [-0.05, 0) is 49.6 Å². The van der Waals surface area contributed by atoms with Gasteiger partial charge in [-0.1, -0.05) is 35.0 Å². The third-order valence-corrected chi connectivity index (χ3v) is 5.34. The summed E-state index contributed by atoms with van der Waals surface area (Å²) in [6.07, 6.45) is 3.49. The Morgan fingerprint density at radius 1 is 0.846 bits per heavy atom. The zero-order chi connectivity index (χ0) is 17.8. The van der Waals surface area contributed by atoms with E-state index in [1.54, 1.807) is 0 Å². The lowest BCUT2D eigenvalue weighted by molar-refractivity contribution is 0.0752. The molecule has 0 fully saturated rings. The van der Waals surface area contributed by atoms with Crippen LogP contribution in [-0.2, 0) is 4.84 Å². The molecule has 128 valence electrons. The van der Waals surface area contributed by atoms with Crippen LogP contribution in [0, 0.1) is 20.8 Å². The Kier molecular flexibility index (Phi) is 3.23. The highest BCUT2D eigenvalue weighted by Gasteiger charge is 2.44. The zero-order valence-corrected chi connectivity index (χ0v) is 15.0. The first kappa shape index (κ1) is 15.3. The summed E-state index contributed by atoms with van der Waals surface area (Å²) >= 11 is 0. The van der Waals surface area contributed by atoms with Crippen LogP contribution in [0.5, 0.6) is 0 Å². The van der Waals surface area contributed by atoms with Gasteiger partial charge in [0.2, 0.25) is 0 Å². The van der Waals surface area contributed by atoms with E-state index in [1.165, 1.54) is 22.3 Å². The van der Waals surface area contributed by atoms with E-state index in [2.05, 4.69) is 60.2 Å². The number of hydrogen-bond donors (Lipinski definition) is 0. The fraction of sp³-hybridized carbons (Fsp3) is 0.227. The molecule has 1 aliphatic heterocycles. The molecular formula is C22H19N3O. The smallest absolute Gasteiger partial charge is 0.167 e. The van der Waals surface area contributed by atoms with Crippen LogP contribution in [0.25, 0.3) is 11.4 Å². The predicted molar refractivity (Wildman–Crippen MR) is 101 cm³/mol. The largest absolute Gasteiger partial charge is 0.386 e. The Labute approximate surface area is 152 Å². The van der Waals surface area contributed by atoms with Crippen LogP contribution in [0.15, 0.2) is 53.9 Å². The minimum absolute atomic E-state index is 0.0375. The minimum atomic E-state index is -0.148. The molecule has 0 amide bonds. The maximum atomic E-state index is 5.97. The first-order chi connectivity index (χ1) is 12.6. The number of benzene rings is 1. The Bertz CT molecular complexity index is 1050. The van der Waals surface area contributed by atoms with Crippen LogP contribution in [0.3, 0.4) is 0 Å². The van der Waals surface area contributed by atoms with Crippen LogP contribution >= 0.6 is 0 Å². The molecule has 4 nitrogen and oxygen atoms in total. The Morgan fingerprint density at radius 3 is 2.15 bits per heavy atom. The van der Waals surface area contributed by atoms with E-state index >= 15 is 0 Å². The molecule has 0 unspecified atom stereocenters. The van der Waals surface area contributed by atoms with Gasteiger partial charge in [-0.25, -0.2) is 0 Å². The Hall–Kier alpha value is -3.01. The highest BCUT2D eigenvalue weighted by molar-refractivity contribution is 6.09. The van der Waals surface area contributed by atoms with Crippen LogP contribution < -0.4 is 0 Å². The molecule has 0 N–H and O–H groups in total. The van der Waals surface area contributed by atoms with Crippen molar-refractivity contribution >= 4 is 5.71 Å². The summed E-state index contributed by atoms with van der Waals surface area (Å²) in [7, 11) is 0. The molecule has 0 spiro atoms. The summed E-state index contributed by atoms with van der Waals surface area (Å²) in [6, 6.07) is 12.6. The summed E-state index contributed by atoms with van der Waals surface area (Å²) in [6.45, 7) is 6.42. The number of nitrogens with zero attached hydrogens (tertiary/aromatic N) is 3. The van der Waals surface area contributed by atoms with Crippen LogP contribution in [0.1, 0.15) is 45.4 Å². The Balaban J connectivity index is 1.74. The molecule has 2 aliphatic rings. The van der Waals surface area contributed by atoms with Gasteiger partial charge in [-0.3, -0.25) is 9.97 Å². The van der Waals surface area contributed by atoms with Gasteiger partial charge in [0.25, 0.3) is 0 Å². The number of pyridine rings is 2. The second kappa shape index (κ2) is 5.49. The molecule has 1 aliphatic carbocycles. The lowest BCUT2D eigenvalue weighted by atomic mass is 9.76. The van der Waals surface area contributed by atoms with E-state index < -0.39 is 0 Å². The third kappa shape index (κ3) is 2.05. The summed E-state index contributed by atoms with van der Waals surface area (Å²) in [5.41, 5.74) is 9.94. The molecule has 2 aromatic heterocycles. The van der Waals surface area contributed by atoms with Crippen molar-refractivity contribution in [1.29, 1.82) is 0 Å². The molecule has 0 bridgehead atoms. The lowest BCUT2D eigenvalue weighted by Crippen LogP contribution is -2.23. The molecule has 0 radical (unpaired) electrons. The number of rotatable bonds is 1. The first-order valence-corrected chi connectivity index (χ1v) is 8.87. The fourth-order valence-corrected chi connectivity index (χ4v) is 4.42. The van der Waals surface area contributed by atoms with Crippen LogP contribution in [-0.4, -0.2) is 15.7 Å². The summed E-state index contributed by atoms with van der Waals surface area (Å²) < 4.78 is 0. The molecule has 0 saturated heterocycles. The molecule has 5 rings (SSSR count). The van der Waals surface area contributed by atoms with Crippen molar-refractivity contribution < 1.29 is 4.84 Å². The van der Waals surface area contributed by atoms with Crippen LogP contribution in [0.4, 0.5) is 0 Å². The molecule has 1 aromatic carbocycles. The van der Waals surface area contributed by atoms with E-state index in [0.717, 1.165) is 28.2 Å². The summed E-state index contributed by atoms with van der Waals surface area (Å²) in [4.78, 5) is 15.2. The van der Waals surface area contributed by atoms with Crippen molar-refractivity contribution in [2.24, 2.45) is 5.16 Å². The SMILES string of the molecule is Cc1cc(C)c(C2=NO[C@@H]3c4cccnc4-c4ncccc4[C@H]23)c(C)c1. The molecule has 3 aromatic rings. The standard InChI is InChI=1S/C22H19N3O/c1-12-10-13(2)17(14(3)11-12)21-18-15-6-4-8-23-19(15)20-16(7-5-9-24-20)22(18)26-25-21/h4-11,18,22H,1-3H3/t18-,22-/m1/s1. The normalized spacial score (nSPS) is 19.9. The van der Waals surface area contributed by atoms with Gasteiger partial charge in [-0.2, -0.15) is 0 Å². The second-order valence-corrected chi connectivity index (χ2v) is 7.14. The highest BCUT2D eigenvalue weighted by Crippen LogP contribution is 2.50. The van der Waals surface area contributed by atoms with Gasteiger partial charge >= 0.3 is 0 Å². The Morgan fingerprint density at radius 2 is 1.46 bits per heavy atom. The zero-order valence-electron chi connectivity index (χ0n) is 15.0. The number of aromatic nitrogens is 2. The van der Waals surface area contributed by atoms with Gasteiger partial charge in [0.15, 0.2) is 6.10 Å². The maximum Gasteiger partial charge on any atom is 0.167 e. The van der Waals surface area contributed by atoms with Crippen molar-refractivity contribution in [3.8, 4) is 11.4 Å². The molecule has 2 atom stereocenters. The second-order valence-electron chi connectivity index (χ2n) is 7.14. The summed E-state index contributed by atoms with van der Waals surface area (Å²) in [5, 5.41) is 4.56. The van der Waals surface area contributed by atoms with Crippen molar-refractivity contribution in [1.82, 2.24) is 9.97 Å². The quantitative estimate of drug-likeness (QED) is 0.648. The van der Waals surface area contributed by atoms with Gasteiger partial charge in [-0.15, -0.1) is 0 Å². The number of fused-ring (bicyclic) bond motifs is 6. The van der Waals surface area contributed by atoms with E-state index in [1.807, 2.05) is 24.5 Å². The average Bonchev–Trinajstić information content (AvgIpc) is 3.06. The highest BCUT2D eigenvalue weighted by atomic mass is 16.6. The first-order valence-electron chi connectivity index (χ1n) is 8.87. The van der Waals surface area contributed by atoms with Crippen molar-refractivity contribution in [2.45, 2.75) is 32.8 Å². The van der Waals surface area contributed by atoms with E-state index in [-0.39, 0.29) is 12.0 Å².